The lowest BCUT2D eigenvalue weighted by atomic mass is 9.72. The number of Topliss-reactive ketones (excluding diaryl/α,β-unsaturated/α-hetero) is 2. The molecule has 6 nitrogen and oxygen atoms in total. The highest BCUT2D eigenvalue weighted by Crippen LogP contribution is 2.57. The van der Waals surface area contributed by atoms with Crippen molar-refractivity contribution in [1.29, 1.82) is 0 Å². The molecule has 11 aromatic carbocycles. The molecule has 80 heavy (non-hydrogen) atoms. The van der Waals surface area contributed by atoms with Gasteiger partial charge in [0.15, 0.2) is 22.4 Å². The van der Waals surface area contributed by atoms with Gasteiger partial charge < -0.3 is 8.80 Å². The number of benzene rings is 11. The van der Waals surface area contributed by atoms with E-state index in [4.69, 9.17) is 0 Å². The van der Waals surface area contributed by atoms with Gasteiger partial charge >= 0.3 is 0 Å². The summed E-state index contributed by atoms with van der Waals surface area (Å²) in [4.78, 5) is 65.1. The Labute approximate surface area is 455 Å². The highest BCUT2D eigenvalue weighted by molar-refractivity contribution is 6.39. The van der Waals surface area contributed by atoms with Gasteiger partial charge in [-0.2, -0.15) is 0 Å². The predicted octanol–water partition coefficient (Wildman–Crippen LogP) is 15.7. The van der Waals surface area contributed by atoms with E-state index in [1.165, 1.54) is 0 Å². The lowest BCUT2D eigenvalue weighted by Crippen LogP contribution is -2.19. The van der Waals surface area contributed by atoms with E-state index < -0.39 is 11.8 Å². The Hall–Kier alpha value is -10.3. The van der Waals surface area contributed by atoms with Crippen molar-refractivity contribution >= 4 is 87.8 Å². The van der Waals surface area contributed by atoms with E-state index in [1.54, 1.807) is 0 Å². The SMILES string of the molecule is O=C1c2cc3c(cc2C2c4ccccc4C1c1ccccc12)c1c2c(=O)c4c(-c5ccccc5)cccc4n4c5cccc(-c6ccccc6)c5c(=O)c(c5c6cc7c(cc6n3c15)C(=O)C1c3ccccc3C7c3ccccc31)c24. The number of carbonyl (C=O) groups excluding carboxylic acids is 2. The molecule has 0 fully saturated rings. The molecule has 4 heterocycles. The standard InChI is InChI=1S/C74H40N2O4/c77-71-51-35-57-53(33-49(51)59-41-21-7-11-25-45(41)61(71)46-26-12-8-22-42(46)59)65-67-70-68(66-54-34-50-52(36-58(54)76(57)69(65)66)72(78)62-47-27-13-9-23-43(47)60(50)44-24-10-14-28-48(44)62)74(80)64-40(38-19-5-2-6-20-38)30-16-32-56(64)75(70)55-31-15-29-39(63(55)73(67)79)37-17-3-1-4-18-37/h1-36,59-62H. The summed E-state index contributed by atoms with van der Waals surface area (Å²) >= 11 is 0. The van der Waals surface area contributed by atoms with Gasteiger partial charge in [0, 0.05) is 44.5 Å². The fraction of sp³-hybridized carbons (Fsp3) is 0.0541. The topological polar surface area (TPSA) is 77.1 Å². The minimum atomic E-state index is -0.512. The summed E-state index contributed by atoms with van der Waals surface area (Å²) in [6, 6.07) is 74.3. The molecule has 0 radical (unpaired) electrons. The van der Waals surface area contributed by atoms with E-state index in [2.05, 4.69) is 106 Å². The smallest absolute Gasteiger partial charge is 0.198 e. The number of aromatic nitrogens is 2. The van der Waals surface area contributed by atoms with Crippen LogP contribution >= 0.6 is 0 Å². The van der Waals surface area contributed by atoms with Gasteiger partial charge in [0.05, 0.1) is 66.5 Å². The van der Waals surface area contributed by atoms with E-state index in [-0.39, 0.29) is 34.3 Å². The van der Waals surface area contributed by atoms with Gasteiger partial charge in [-0.15, -0.1) is 0 Å². The highest BCUT2D eigenvalue weighted by atomic mass is 16.1. The van der Waals surface area contributed by atoms with Crippen molar-refractivity contribution in [2.45, 2.75) is 23.7 Å². The lowest BCUT2D eigenvalue weighted by Gasteiger charge is -2.30. The molecule has 370 valence electrons. The second-order valence-corrected chi connectivity index (χ2v) is 22.5. The summed E-state index contributed by atoms with van der Waals surface area (Å²) in [6.45, 7) is 0. The van der Waals surface area contributed by atoms with Crippen LogP contribution in [0.4, 0.5) is 0 Å². The second-order valence-electron chi connectivity index (χ2n) is 22.5. The normalized spacial score (nSPS) is 17.6. The summed E-state index contributed by atoms with van der Waals surface area (Å²) in [5.41, 5.74) is 18.6. The Morgan fingerprint density at radius 1 is 0.250 bits per heavy atom. The minimum absolute atomic E-state index is 0.0193. The van der Waals surface area contributed by atoms with E-state index in [9.17, 15) is 0 Å². The first kappa shape index (κ1) is 42.8. The number of ketones is 2. The third kappa shape index (κ3) is 4.99. The van der Waals surface area contributed by atoms with Gasteiger partial charge in [-0.05, 0) is 114 Å². The number of rotatable bonds is 2. The molecule has 0 saturated carbocycles. The fourth-order valence-electron chi connectivity index (χ4n) is 16.0. The van der Waals surface area contributed by atoms with Crippen LogP contribution in [0, 0.1) is 0 Å². The van der Waals surface area contributed by atoms with Gasteiger partial charge in [0.1, 0.15) is 0 Å². The number of pyridine rings is 2. The van der Waals surface area contributed by atoms with E-state index in [0.29, 0.717) is 49.2 Å². The van der Waals surface area contributed by atoms with Crippen LogP contribution in [-0.2, 0) is 0 Å². The average molecular weight is 1020 g/mol. The van der Waals surface area contributed by atoms with Crippen molar-refractivity contribution in [3.8, 4) is 22.3 Å². The zero-order valence-corrected chi connectivity index (χ0v) is 42.6. The summed E-state index contributed by atoms with van der Waals surface area (Å²) in [6.07, 6.45) is 0. The molecule has 0 amide bonds. The first-order valence-electron chi connectivity index (χ1n) is 27.6. The van der Waals surface area contributed by atoms with Crippen molar-refractivity contribution in [3.05, 3.63) is 306 Å². The molecule has 6 aliphatic carbocycles. The molecule has 0 saturated heterocycles. The largest absolute Gasteiger partial charge is 0.308 e. The molecule has 4 aromatic heterocycles. The molecule has 0 N–H and O–H groups in total. The molecular weight excluding hydrogens is 981 g/mol. The Morgan fingerprint density at radius 2 is 0.575 bits per heavy atom. The zero-order valence-electron chi connectivity index (χ0n) is 42.6. The summed E-state index contributed by atoms with van der Waals surface area (Å²) < 4.78 is 4.41. The maximum Gasteiger partial charge on any atom is 0.198 e. The molecule has 0 atom stereocenters. The van der Waals surface area contributed by atoms with Crippen LogP contribution in [0.2, 0.25) is 0 Å². The molecule has 6 heteroatoms. The number of hydrogen-bond acceptors (Lipinski definition) is 4. The third-order valence-corrected chi connectivity index (χ3v) is 19.0. The Morgan fingerprint density at radius 3 is 0.950 bits per heavy atom. The number of fused-ring (bicyclic) bond motifs is 12. The lowest BCUT2D eigenvalue weighted by molar-refractivity contribution is 0.0966. The maximum absolute atomic E-state index is 16.7. The predicted molar refractivity (Wildman–Crippen MR) is 319 cm³/mol. The van der Waals surface area contributed by atoms with Crippen LogP contribution in [0.25, 0.3) is 98.4 Å². The van der Waals surface area contributed by atoms with Gasteiger partial charge in [-0.25, -0.2) is 0 Å². The number of hydrogen-bond donors (Lipinski definition) is 0. The van der Waals surface area contributed by atoms with E-state index >= 15 is 19.2 Å². The van der Waals surface area contributed by atoms with Crippen molar-refractivity contribution in [2.75, 3.05) is 0 Å². The van der Waals surface area contributed by atoms with Crippen LogP contribution in [0.3, 0.4) is 0 Å². The van der Waals surface area contributed by atoms with Crippen molar-refractivity contribution < 1.29 is 9.59 Å². The van der Waals surface area contributed by atoms with Crippen LogP contribution in [0.1, 0.15) is 100 Å². The number of nitrogens with zero attached hydrogens (tertiary/aromatic N) is 2. The average Bonchev–Trinajstić information content (AvgIpc) is 2.87. The molecule has 15 aromatic rings. The summed E-state index contributed by atoms with van der Waals surface area (Å²) in [7, 11) is 0. The molecule has 0 unspecified atom stereocenters. The van der Waals surface area contributed by atoms with Crippen LogP contribution in [0.15, 0.2) is 228 Å². The molecule has 21 rings (SSSR count). The number of carbonyl (C=O) groups is 2. The maximum atomic E-state index is 16.7. The quantitative estimate of drug-likeness (QED) is 0.128. The highest BCUT2D eigenvalue weighted by Gasteiger charge is 2.45. The van der Waals surface area contributed by atoms with Crippen LogP contribution in [0.5, 0.6) is 0 Å². The first-order valence-corrected chi connectivity index (χ1v) is 27.6. The van der Waals surface area contributed by atoms with E-state index in [1.807, 2.05) is 121 Å². The van der Waals surface area contributed by atoms with Crippen LogP contribution in [-0.4, -0.2) is 20.4 Å². The minimum Gasteiger partial charge on any atom is -0.308 e. The first-order chi connectivity index (χ1) is 39.4. The van der Waals surface area contributed by atoms with Crippen molar-refractivity contribution in [1.82, 2.24) is 8.80 Å². The Kier molecular flexibility index (Phi) is 7.93. The van der Waals surface area contributed by atoms with Crippen molar-refractivity contribution in [2.24, 2.45) is 0 Å². The van der Waals surface area contributed by atoms with Gasteiger partial charge in [0.25, 0.3) is 0 Å². The molecular formula is C74H40N2O4. The Bertz CT molecular complexity index is 5110. The fourth-order valence-corrected chi connectivity index (χ4v) is 16.0. The van der Waals surface area contributed by atoms with Crippen molar-refractivity contribution in [3.63, 3.8) is 0 Å². The van der Waals surface area contributed by atoms with Gasteiger partial charge in [-0.3, -0.25) is 19.2 Å². The van der Waals surface area contributed by atoms with Gasteiger partial charge in [0.2, 0.25) is 0 Å². The third-order valence-electron chi connectivity index (χ3n) is 19.0. The molecule has 6 aliphatic rings. The van der Waals surface area contributed by atoms with Gasteiger partial charge in [-0.1, -0.05) is 182 Å². The zero-order chi connectivity index (χ0) is 52.5. The molecule has 0 spiro atoms. The second kappa shape index (κ2) is 14.8. The Balaban J connectivity index is 1.08. The summed E-state index contributed by atoms with van der Waals surface area (Å²) in [5, 5.41) is 5.04. The monoisotopic (exact) mass is 1020 g/mol. The van der Waals surface area contributed by atoms with E-state index in [0.717, 1.165) is 116 Å². The molecule has 0 aliphatic heterocycles. The van der Waals surface area contributed by atoms with Crippen LogP contribution < -0.4 is 10.9 Å². The molecule has 4 bridgehead atoms. The summed E-state index contributed by atoms with van der Waals surface area (Å²) in [5.74, 6) is -1.51.